The fourth-order valence-electron chi connectivity index (χ4n) is 2.18. The molecule has 1 amide bonds. The van der Waals surface area contributed by atoms with Gasteiger partial charge < -0.3 is 14.6 Å². The van der Waals surface area contributed by atoms with Crippen molar-refractivity contribution >= 4 is 5.91 Å². The molecule has 22 heavy (non-hydrogen) atoms. The van der Waals surface area contributed by atoms with Crippen LogP contribution in [0, 0.1) is 13.8 Å². The number of carbonyl (C=O) groups is 1. The first-order valence-electron chi connectivity index (χ1n) is 7.43. The van der Waals surface area contributed by atoms with E-state index in [1.165, 1.54) is 0 Å². The van der Waals surface area contributed by atoms with Crippen molar-refractivity contribution in [3.63, 3.8) is 0 Å². The van der Waals surface area contributed by atoms with Crippen molar-refractivity contribution in [1.82, 2.24) is 10.5 Å². The maximum Gasteiger partial charge on any atom is 0.256 e. The highest BCUT2D eigenvalue weighted by Crippen LogP contribution is 2.21. The number of rotatable bonds is 6. The van der Waals surface area contributed by atoms with Crippen LogP contribution < -0.4 is 10.1 Å². The summed E-state index contributed by atoms with van der Waals surface area (Å²) in [5.41, 5.74) is 2.29. The molecule has 0 bridgehead atoms. The molecule has 1 heterocycles. The number of carbonyl (C=O) groups excluding carboxylic acids is 1. The van der Waals surface area contributed by atoms with E-state index in [1.54, 1.807) is 6.92 Å². The van der Waals surface area contributed by atoms with Crippen molar-refractivity contribution < 1.29 is 14.1 Å². The van der Waals surface area contributed by atoms with E-state index in [2.05, 4.69) is 10.5 Å². The molecule has 0 aliphatic heterocycles. The molecule has 0 fully saturated rings. The van der Waals surface area contributed by atoms with Crippen molar-refractivity contribution in [3.8, 4) is 5.75 Å². The molecule has 0 aliphatic carbocycles. The second kappa shape index (κ2) is 7.11. The molecule has 0 spiro atoms. The lowest BCUT2D eigenvalue weighted by Gasteiger charge is -2.09. The molecule has 0 unspecified atom stereocenters. The lowest BCUT2D eigenvalue weighted by Crippen LogP contribution is -2.29. The quantitative estimate of drug-likeness (QED) is 0.832. The molecule has 118 valence electrons. The molecule has 1 aromatic heterocycles. The third-order valence-corrected chi connectivity index (χ3v) is 3.29. The number of nitrogens with one attached hydrogen (secondary N) is 1. The summed E-state index contributed by atoms with van der Waals surface area (Å²) in [5.74, 6) is 1.37. The first-order valence-corrected chi connectivity index (χ1v) is 7.43. The van der Waals surface area contributed by atoms with Crippen molar-refractivity contribution in [2.75, 3.05) is 13.2 Å². The van der Waals surface area contributed by atoms with Crippen molar-refractivity contribution in [1.29, 1.82) is 0 Å². The molecule has 2 aromatic rings. The highest BCUT2D eigenvalue weighted by Gasteiger charge is 2.22. The number of hydrogen-bond acceptors (Lipinski definition) is 4. The lowest BCUT2D eigenvalue weighted by atomic mass is 10.0. The zero-order chi connectivity index (χ0) is 16.1. The van der Waals surface area contributed by atoms with Gasteiger partial charge in [0.05, 0.1) is 12.2 Å². The Morgan fingerprint density at radius 3 is 2.82 bits per heavy atom. The Labute approximate surface area is 130 Å². The minimum Gasteiger partial charge on any atom is -0.492 e. The van der Waals surface area contributed by atoms with Gasteiger partial charge in [-0.05, 0) is 31.5 Å². The molecule has 5 nitrogen and oxygen atoms in total. The van der Waals surface area contributed by atoms with E-state index in [0.717, 1.165) is 11.3 Å². The summed E-state index contributed by atoms with van der Waals surface area (Å²) in [6.45, 7) is 8.56. The Morgan fingerprint density at radius 1 is 1.36 bits per heavy atom. The molecule has 0 saturated carbocycles. The first kappa shape index (κ1) is 16.1. The fraction of sp³-hybridized carbons (Fsp3) is 0.412. The Hall–Kier alpha value is -2.30. The molecule has 5 heteroatoms. The Kier molecular flexibility index (Phi) is 5.20. The number of aryl methyl sites for hydroxylation is 2. The maximum absolute atomic E-state index is 12.3. The monoisotopic (exact) mass is 302 g/mol. The van der Waals surface area contributed by atoms with E-state index in [-0.39, 0.29) is 11.8 Å². The third kappa shape index (κ3) is 3.87. The van der Waals surface area contributed by atoms with Crippen molar-refractivity contribution in [2.45, 2.75) is 33.6 Å². The minimum absolute atomic E-state index is 0.116. The topological polar surface area (TPSA) is 64.4 Å². The van der Waals surface area contributed by atoms with E-state index < -0.39 is 0 Å². The summed E-state index contributed by atoms with van der Waals surface area (Å²) in [6, 6.07) is 7.81. The average Bonchev–Trinajstić information content (AvgIpc) is 2.85. The van der Waals surface area contributed by atoms with Crippen LogP contribution in [-0.4, -0.2) is 24.2 Å². The van der Waals surface area contributed by atoms with E-state index in [9.17, 15) is 4.79 Å². The van der Waals surface area contributed by atoms with Gasteiger partial charge >= 0.3 is 0 Å². The van der Waals surface area contributed by atoms with Crippen LogP contribution in [0.4, 0.5) is 0 Å². The molecule has 1 aromatic carbocycles. The number of ether oxygens (including phenoxy) is 1. The largest absolute Gasteiger partial charge is 0.492 e. The van der Waals surface area contributed by atoms with E-state index in [1.807, 2.05) is 45.0 Å². The van der Waals surface area contributed by atoms with E-state index >= 15 is 0 Å². The fourth-order valence-corrected chi connectivity index (χ4v) is 2.18. The van der Waals surface area contributed by atoms with Crippen LogP contribution in [0.1, 0.15) is 47.1 Å². The lowest BCUT2D eigenvalue weighted by molar-refractivity contribution is 0.0944. The summed E-state index contributed by atoms with van der Waals surface area (Å²) in [4.78, 5) is 12.3. The Bertz CT molecular complexity index is 647. The molecule has 0 aliphatic rings. The number of aromatic nitrogens is 1. The maximum atomic E-state index is 12.3. The first-order chi connectivity index (χ1) is 10.5. The van der Waals surface area contributed by atoms with Gasteiger partial charge in [-0.1, -0.05) is 31.1 Å². The highest BCUT2D eigenvalue weighted by atomic mass is 16.5. The summed E-state index contributed by atoms with van der Waals surface area (Å²) >= 11 is 0. The van der Waals surface area contributed by atoms with Gasteiger partial charge in [0, 0.05) is 5.92 Å². The van der Waals surface area contributed by atoms with Crippen LogP contribution in [0.2, 0.25) is 0 Å². The number of nitrogens with zero attached hydrogens (tertiary/aromatic N) is 1. The van der Waals surface area contributed by atoms with Crippen molar-refractivity contribution in [3.05, 3.63) is 46.8 Å². The summed E-state index contributed by atoms with van der Waals surface area (Å²) in [5, 5.41) is 6.72. The number of benzene rings is 1. The number of amides is 1. The summed E-state index contributed by atoms with van der Waals surface area (Å²) in [7, 11) is 0. The normalized spacial score (nSPS) is 10.8. The van der Waals surface area contributed by atoms with Crippen molar-refractivity contribution in [2.24, 2.45) is 0 Å². The molecule has 1 N–H and O–H groups in total. The van der Waals surface area contributed by atoms with Gasteiger partial charge in [0.1, 0.15) is 17.9 Å². The molecule has 0 saturated heterocycles. The van der Waals surface area contributed by atoms with Gasteiger partial charge in [0.2, 0.25) is 0 Å². The second-order valence-corrected chi connectivity index (χ2v) is 5.58. The van der Waals surface area contributed by atoms with Gasteiger partial charge in [0.15, 0.2) is 5.76 Å². The van der Waals surface area contributed by atoms with E-state index in [4.69, 9.17) is 9.26 Å². The van der Waals surface area contributed by atoms with Gasteiger partial charge in [-0.2, -0.15) is 0 Å². The zero-order valence-electron chi connectivity index (χ0n) is 13.5. The van der Waals surface area contributed by atoms with Crippen LogP contribution in [0.25, 0.3) is 0 Å². The second-order valence-electron chi connectivity index (χ2n) is 5.58. The summed E-state index contributed by atoms with van der Waals surface area (Å²) < 4.78 is 10.8. The molecule has 0 radical (unpaired) electrons. The minimum atomic E-state index is -0.171. The standard InChI is InChI=1S/C17H22N2O3/c1-11(2)16-15(13(4)19-22-16)17(20)18-8-9-21-14-7-5-6-12(3)10-14/h5-7,10-11H,8-9H2,1-4H3,(H,18,20). The molecule has 0 atom stereocenters. The number of hydrogen-bond donors (Lipinski definition) is 1. The Morgan fingerprint density at radius 2 is 2.14 bits per heavy atom. The van der Waals surface area contributed by atoms with Gasteiger partial charge in [-0.25, -0.2) is 0 Å². The van der Waals surface area contributed by atoms with Gasteiger partial charge in [-0.3, -0.25) is 4.79 Å². The van der Waals surface area contributed by atoms with Gasteiger partial charge in [-0.15, -0.1) is 0 Å². The van der Waals surface area contributed by atoms with Crippen LogP contribution in [0.5, 0.6) is 5.75 Å². The SMILES string of the molecule is Cc1cccc(OCCNC(=O)c2c(C)noc2C(C)C)c1. The Balaban J connectivity index is 1.87. The smallest absolute Gasteiger partial charge is 0.256 e. The summed E-state index contributed by atoms with van der Waals surface area (Å²) in [6.07, 6.45) is 0. The highest BCUT2D eigenvalue weighted by molar-refractivity contribution is 5.96. The van der Waals surface area contributed by atoms with Gasteiger partial charge in [0.25, 0.3) is 5.91 Å². The zero-order valence-corrected chi connectivity index (χ0v) is 13.5. The predicted octanol–water partition coefficient (Wildman–Crippen LogP) is 3.22. The molecule has 2 rings (SSSR count). The predicted molar refractivity (Wildman–Crippen MR) is 84.3 cm³/mol. The van der Waals surface area contributed by atoms with Crippen LogP contribution in [0.3, 0.4) is 0 Å². The van der Waals surface area contributed by atoms with Crippen LogP contribution in [-0.2, 0) is 0 Å². The van der Waals surface area contributed by atoms with Crippen LogP contribution >= 0.6 is 0 Å². The average molecular weight is 302 g/mol. The third-order valence-electron chi connectivity index (χ3n) is 3.29. The molecular weight excluding hydrogens is 280 g/mol. The van der Waals surface area contributed by atoms with E-state index in [0.29, 0.717) is 30.2 Å². The van der Waals surface area contributed by atoms with Crippen LogP contribution in [0.15, 0.2) is 28.8 Å². The molecular formula is C17H22N2O3.